The fourth-order valence-corrected chi connectivity index (χ4v) is 2.12. The number of hydrogen-bond donors (Lipinski definition) is 2. The summed E-state index contributed by atoms with van der Waals surface area (Å²) >= 11 is 0. The second kappa shape index (κ2) is 5.71. The number of benzene rings is 1. The smallest absolute Gasteiger partial charge is 0.0382 e. The SMILES string of the molecule is CNC1(CN)Cc2ccccc2C1.Cl.Cl. The van der Waals surface area contributed by atoms with Gasteiger partial charge in [-0.15, -0.1) is 24.8 Å². The number of likely N-dealkylation sites (N-methyl/N-ethyl adjacent to an activating group) is 1. The molecule has 1 aromatic rings. The van der Waals surface area contributed by atoms with Crippen LogP contribution in [0.3, 0.4) is 0 Å². The highest BCUT2D eigenvalue weighted by Crippen LogP contribution is 2.28. The predicted molar refractivity (Wildman–Crippen MR) is 69.2 cm³/mol. The summed E-state index contributed by atoms with van der Waals surface area (Å²) in [5.41, 5.74) is 8.80. The highest BCUT2D eigenvalue weighted by Gasteiger charge is 2.33. The molecule has 1 aliphatic carbocycles. The number of halogens is 2. The molecular formula is C11H18Cl2N2. The van der Waals surface area contributed by atoms with Crippen molar-refractivity contribution in [3.8, 4) is 0 Å². The molecule has 0 aliphatic heterocycles. The number of nitrogens with one attached hydrogen (secondary N) is 1. The summed E-state index contributed by atoms with van der Waals surface area (Å²) in [7, 11) is 2.00. The first-order chi connectivity index (χ1) is 6.29. The van der Waals surface area contributed by atoms with Gasteiger partial charge in [0.25, 0.3) is 0 Å². The zero-order chi connectivity index (χ0) is 9.31. The molecule has 3 N–H and O–H groups in total. The van der Waals surface area contributed by atoms with Crippen molar-refractivity contribution in [2.75, 3.05) is 13.6 Å². The van der Waals surface area contributed by atoms with Crippen LogP contribution in [0, 0.1) is 0 Å². The Morgan fingerprint density at radius 2 is 1.67 bits per heavy atom. The minimum Gasteiger partial charge on any atom is -0.329 e. The summed E-state index contributed by atoms with van der Waals surface area (Å²) in [6.45, 7) is 0.707. The van der Waals surface area contributed by atoms with Crippen LogP contribution >= 0.6 is 24.8 Å². The molecule has 0 aromatic heterocycles. The molecule has 15 heavy (non-hydrogen) atoms. The fourth-order valence-electron chi connectivity index (χ4n) is 2.12. The molecule has 1 aromatic carbocycles. The van der Waals surface area contributed by atoms with Gasteiger partial charge in [0.05, 0.1) is 0 Å². The number of fused-ring (bicyclic) bond motifs is 1. The summed E-state index contributed by atoms with van der Waals surface area (Å²) in [5.74, 6) is 0. The van der Waals surface area contributed by atoms with Crippen molar-refractivity contribution in [2.45, 2.75) is 18.4 Å². The maximum Gasteiger partial charge on any atom is 0.0382 e. The average molecular weight is 249 g/mol. The van der Waals surface area contributed by atoms with E-state index in [4.69, 9.17) is 5.73 Å². The van der Waals surface area contributed by atoms with Gasteiger partial charge in [-0.2, -0.15) is 0 Å². The first-order valence-corrected chi connectivity index (χ1v) is 4.75. The third-order valence-corrected chi connectivity index (χ3v) is 3.10. The van der Waals surface area contributed by atoms with Gasteiger partial charge >= 0.3 is 0 Å². The molecule has 1 aliphatic rings. The molecule has 0 radical (unpaired) electrons. The van der Waals surface area contributed by atoms with Crippen LogP contribution in [0.1, 0.15) is 11.1 Å². The van der Waals surface area contributed by atoms with Gasteiger partial charge in [-0.05, 0) is 31.0 Å². The van der Waals surface area contributed by atoms with Crippen LogP contribution in [0.5, 0.6) is 0 Å². The van der Waals surface area contributed by atoms with Crippen LogP contribution < -0.4 is 11.1 Å². The summed E-state index contributed by atoms with van der Waals surface area (Å²) in [6.07, 6.45) is 2.13. The minimum absolute atomic E-state index is 0. The fraction of sp³-hybridized carbons (Fsp3) is 0.455. The Balaban J connectivity index is 0.000000980. The Kier molecular flexibility index (Phi) is 5.60. The Bertz CT molecular complexity index is 284. The molecule has 0 saturated heterocycles. The van der Waals surface area contributed by atoms with Gasteiger partial charge in [0, 0.05) is 12.1 Å². The molecule has 2 nitrogen and oxygen atoms in total. The van der Waals surface area contributed by atoms with Gasteiger partial charge < -0.3 is 11.1 Å². The zero-order valence-corrected chi connectivity index (χ0v) is 10.5. The lowest BCUT2D eigenvalue weighted by atomic mass is 9.96. The molecule has 0 amide bonds. The Labute approximate surface area is 103 Å². The molecule has 0 unspecified atom stereocenters. The predicted octanol–water partition coefficient (Wildman–Crippen LogP) is 1.55. The van der Waals surface area contributed by atoms with E-state index in [0.717, 1.165) is 12.8 Å². The van der Waals surface area contributed by atoms with Crippen molar-refractivity contribution in [3.63, 3.8) is 0 Å². The van der Waals surface area contributed by atoms with E-state index in [0.29, 0.717) is 6.54 Å². The van der Waals surface area contributed by atoms with E-state index in [-0.39, 0.29) is 30.4 Å². The van der Waals surface area contributed by atoms with Gasteiger partial charge in [0.15, 0.2) is 0 Å². The average Bonchev–Trinajstić information content (AvgIpc) is 2.57. The Morgan fingerprint density at radius 1 is 1.20 bits per heavy atom. The summed E-state index contributed by atoms with van der Waals surface area (Å²) in [4.78, 5) is 0. The van der Waals surface area contributed by atoms with E-state index in [9.17, 15) is 0 Å². The molecule has 4 heteroatoms. The number of nitrogens with two attached hydrogens (primary N) is 1. The van der Waals surface area contributed by atoms with Gasteiger partial charge in [0.1, 0.15) is 0 Å². The van der Waals surface area contributed by atoms with Gasteiger partial charge in [-0.25, -0.2) is 0 Å². The first-order valence-electron chi connectivity index (χ1n) is 4.75. The van der Waals surface area contributed by atoms with Crippen LogP contribution in [0.2, 0.25) is 0 Å². The maximum absolute atomic E-state index is 5.80. The van der Waals surface area contributed by atoms with Crippen molar-refractivity contribution in [1.29, 1.82) is 0 Å². The van der Waals surface area contributed by atoms with E-state index in [1.807, 2.05) is 7.05 Å². The largest absolute Gasteiger partial charge is 0.329 e. The van der Waals surface area contributed by atoms with Gasteiger partial charge in [-0.3, -0.25) is 0 Å². The molecule has 2 rings (SSSR count). The second-order valence-corrected chi connectivity index (χ2v) is 3.86. The van der Waals surface area contributed by atoms with E-state index >= 15 is 0 Å². The van der Waals surface area contributed by atoms with Crippen LogP contribution in [0.4, 0.5) is 0 Å². The number of rotatable bonds is 2. The minimum atomic E-state index is 0. The van der Waals surface area contributed by atoms with E-state index < -0.39 is 0 Å². The van der Waals surface area contributed by atoms with Crippen LogP contribution in [0.15, 0.2) is 24.3 Å². The van der Waals surface area contributed by atoms with Crippen LogP contribution in [0.25, 0.3) is 0 Å². The normalized spacial score (nSPS) is 16.1. The molecular weight excluding hydrogens is 231 g/mol. The Morgan fingerprint density at radius 3 is 2.00 bits per heavy atom. The number of hydrogen-bond acceptors (Lipinski definition) is 2. The topological polar surface area (TPSA) is 38.0 Å². The molecule has 0 fully saturated rings. The van der Waals surface area contributed by atoms with Crippen molar-refractivity contribution in [1.82, 2.24) is 5.32 Å². The molecule has 0 bridgehead atoms. The molecule has 86 valence electrons. The highest BCUT2D eigenvalue weighted by molar-refractivity contribution is 5.85. The maximum atomic E-state index is 5.80. The third kappa shape index (κ3) is 2.64. The van der Waals surface area contributed by atoms with Crippen LogP contribution in [-0.4, -0.2) is 19.1 Å². The lowest BCUT2D eigenvalue weighted by molar-refractivity contribution is 0.378. The van der Waals surface area contributed by atoms with E-state index in [2.05, 4.69) is 29.6 Å². The Hall–Kier alpha value is -0.280. The third-order valence-electron chi connectivity index (χ3n) is 3.10. The summed E-state index contributed by atoms with van der Waals surface area (Å²) in [5, 5.41) is 3.35. The molecule has 0 spiro atoms. The molecule has 0 heterocycles. The lowest BCUT2D eigenvalue weighted by Gasteiger charge is -2.26. The standard InChI is InChI=1S/C11H16N2.2ClH/c1-13-11(8-12)6-9-4-2-3-5-10(9)7-11;;/h2-5,13H,6-8,12H2,1H3;2*1H. The second-order valence-electron chi connectivity index (χ2n) is 3.86. The zero-order valence-electron chi connectivity index (χ0n) is 8.82. The molecule has 0 saturated carbocycles. The first kappa shape index (κ1) is 14.7. The van der Waals surface area contributed by atoms with Gasteiger partial charge in [0.2, 0.25) is 0 Å². The van der Waals surface area contributed by atoms with Crippen molar-refractivity contribution >= 4 is 24.8 Å². The van der Waals surface area contributed by atoms with Crippen molar-refractivity contribution < 1.29 is 0 Å². The van der Waals surface area contributed by atoms with E-state index in [1.54, 1.807) is 0 Å². The highest BCUT2D eigenvalue weighted by atomic mass is 35.5. The summed E-state index contributed by atoms with van der Waals surface area (Å²) in [6, 6.07) is 8.59. The van der Waals surface area contributed by atoms with Crippen molar-refractivity contribution in [2.24, 2.45) is 5.73 Å². The van der Waals surface area contributed by atoms with Gasteiger partial charge in [-0.1, -0.05) is 24.3 Å². The summed E-state index contributed by atoms with van der Waals surface area (Å²) < 4.78 is 0. The monoisotopic (exact) mass is 248 g/mol. The lowest BCUT2D eigenvalue weighted by Crippen LogP contribution is -2.50. The quantitative estimate of drug-likeness (QED) is 0.834. The molecule has 0 atom stereocenters. The van der Waals surface area contributed by atoms with E-state index in [1.165, 1.54) is 11.1 Å². The van der Waals surface area contributed by atoms with Crippen molar-refractivity contribution in [3.05, 3.63) is 35.4 Å². The van der Waals surface area contributed by atoms with Crippen LogP contribution in [-0.2, 0) is 12.8 Å².